The Hall–Kier alpha value is -0.0800. The van der Waals surface area contributed by atoms with Crippen LogP contribution in [0.1, 0.15) is 33.6 Å². The summed E-state index contributed by atoms with van der Waals surface area (Å²) < 4.78 is 0. The molecule has 0 bridgehead atoms. The average molecular weight is 145 g/mol. The molecule has 0 aliphatic carbocycles. The molecular weight excluding hydrogens is 126 g/mol. The van der Waals surface area contributed by atoms with Gasteiger partial charge < -0.3 is 10.8 Å². The second-order valence-electron chi connectivity index (χ2n) is 2.95. The fourth-order valence-electron chi connectivity index (χ4n) is 0.905. The summed E-state index contributed by atoms with van der Waals surface area (Å²) in [5, 5.41) is 9.46. The van der Waals surface area contributed by atoms with E-state index in [0.717, 1.165) is 12.8 Å². The van der Waals surface area contributed by atoms with Crippen LogP contribution in [0.15, 0.2) is 0 Å². The summed E-state index contributed by atoms with van der Waals surface area (Å²) in [6, 6.07) is -0.0463. The van der Waals surface area contributed by atoms with Crippen LogP contribution in [0, 0.1) is 5.92 Å². The lowest BCUT2D eigenvalue weighted by Gasteiger charge is -2.22. The van der Waals surface area contributed by atoms with E-state index in [1.54, 1.807) is 0 Å². The highest BCUT2D eigenvalue weighted by atomic mass is 16.3. The third-order valence-corrected chi connectivity index (χ3v) is 2.14. The highest BCUT2D eigenvalue weighted by Crippen LogP contribution is 2.11. The molecule has 10 heavy (non-hydrogen) atoms. The van der Waals surface area contributed by atoms with Gasteiger partial charge in [-0.2, -0.15) is 0 Å². The van der Waals surface area contributed by atoms with Gasteiger partial charge in [-0.1, -0.05) is 27.2 Å². The van der Waals surface area contributed by atoms with Gasteiger partial charge in [0.25, 0.3) is 0 Å². The second-order valence-corrected chi connectivity index (χ2v) is 2.95. The van der Waals surface area contributed by atoms with E-state index in [1.165, 1.54) is 0 Å². The zero-order chi connectivity index (χ0) is 8.15. The Morgan fingerprint density at radius 2 is 1.80 bits per heavy atom. The molecule has 0 spiro atoms. The summed E-state index contributed by atoms with van der Waals surface area (Å²) in [7, 11) is 0. The van der Waals surface area contributed by atoms with Gasteiger partial charge in [-0.05, 0) is 12.3 Å². The molecule has 0 fully saturated rings. The number of hydrogen-bond donors (Lipinski definition) is 2. The van der Waals surface area contributed by atoms with Gasteiger partial charge in [-0.15, -0.1) is 0 Å². The SMILES string of the molecule is CCC(C)C(O)C(N)CC. The molecule has 3 N–H and O–H groups in total. The van der Waals surface area contributed by atoms with E-state index in [9.17, 15) is 5.11 Å². The highest BCUT2D eigenvalue weighted by Gasteiger charge is 2.17. The van der Waals surface area contributed by atoms with Crippen molar-refractivity contribution in [3.63, 3.8) is 0 Å². The maximum absolute atomic E-state index is 9.46. The molecule has 0 rings (SSSR count). The molecule has 0 amide bonds. The Balaban J connectivity index is 3.69. The molecule has 0 saturated carbocycles. The molecule has 2 nitrogen and oxygen atoms in total. The summed E-state index contributed by atoms with van der Waals surface area (Å²) in [5.74, 6) is 0.329. The Bertz CT molecular complexity index is 75.3. The van der Waals surface area contributed by atoms with E-state index in [2.05, 4.69) is 6.92 Å². The first-order valence-electron chi connectivity index (χ1n) is 4.07. The lowest BCUT2D eigenvalue weighted by atomic mass is 9.95. The third kappa shape index (κ3) is 2.67. The van der Waals surface area contributed by atoms with E-state index in [1.807, 2.05) is 13.8 Å². The molecule has 3 atom stereocenters. The Kier molecular flexibility index (Phi) is 4.65. The zero-order valence-electron chi connectivity index (χ0n) is 7.17. The Morgan fingerprint density at radius 3 is 2.10 bits per heavy atom. The molecular formula is C8H19NO. The fraction of sp³-hybridized carbons (Fsp3) is 1.00. The van der Waals surface area contributed by atoms with Crippen LogP contribution < -0.4 is 5.73 Å². The minimum atomic E-state index is -0.324. The van der Waals surface area contributed by atoms with Gasteiger partial charge in [0.05, 0.1) is 6.10 Å². The van der Waals surface area contributed by atoms with E-state index in [-0.39, 0.29) is 12.1 Å². The third-order valence-electron chi connectivity index (χ3n) is 2.14. The van der Waals surface area contributed by atoms with Crippen molar-refractivity contribution in [3.8, 4) is 0 Å². The number of nitrogens with two attached hydrogens (primary N) is 1. The summed E-state index contributed by atoms with van der Waals surface area (Å²) >= 11 is 0. The van der Waals surface area contributed by atoms with Crippen molar-refractivity contribution in [2.24, 2.45) is 11.7 Å². The lowest BCUT2D eigenvalue weighted by Crippen LogP contribution is -2.38. The van der Waals surface area contributed by atoms with E-state index in [4.69, 9.17) is 5.73 Å². The van der Waals surface area contributed by atoms with Crippen LogP contribution in [0.2, 0.25) is 0 Å². The predicted octanol–water partition coefficient (Wildman–Crippen LogP) is 1.13. The van der Waals surface area contributed by atoms with Gasteiger partial charge in [0.2, 0.25) is 0 Å². The van der Waals surface area contributed by atoms with Gasteiger partial charge in [-0.25, -0.2) is 0 Å². The molecule has 0 saturated heterocycles. The van der Waals surface area contributed by atoms with E-state index >= 15 is 0 Å². The zero-order valence-corrected chi connectivity index (χ0v) is 7.17. The van der Waals surface area contributed by atoms with Crippen LogP contribution in [0.25, 0.3) is 0 Å². The van der Waals surface area contributed by atoms with Gasteiger partial charge in [0, 0.05) is 6.04 Å². The first kappa shape index (κ1) is 9.92. The van der Waals surface area contributed by atoms with Gasteiger partial charge in [0.15, 0.2) is 0 Å². The van der Waals surface area contributed by atoms with Crippen LogP contribution in [0.4, 0.5) is 0 Å². The van der Waals surface area contributed by atoms with Crippen LogP contribution in [0.3, 0.4) is 0 Å². The lowest BCUT2D eigenvalue weighted by molar-refractivity contribution is 0.0867. The predicted molar refractivity (Wildman–Crippen MR) is 43.7 cm³/mol. The first-order chi connectivity index (χ1) is 4.63. The molecule has 0 aromatic rings. The van der Waals surface area contributed by atoms with Gasteiger partial charge in [0.1, 0.15) is 0 Å². The van der Waals surface area contributed by atoms with Crippen molar-refractivity contribution in [2.75, 3.05) is 0 Å². The van der Waals surface area contributed by atoms with Gasteiger partial charge >= 0.3 is 0 Å². The minimum absolute atomic E-state index is 0.0463. The van der Waals surface area contributed by atoms with Crippen molar-refractivity contribution >= 4 is 0 Å². The summed E-state index contributed by atoms with van der Waals surface area (Å²) in [5.41, 5.74) is 5.64. The Labute approximate surface area is 63.4 Å². The molecule has 3 unspecified atom stereocenters. The molecule has 0 aliphatic rings. The van der Waals surface area contributed by atoms with Crippen molar-refractivity contribution in [1.82, 2.24) is 0 Å². The fourth-order valence-corrected chi connectivity index (χ4v) is 0.905. The van der Waals surface area contributed by atoms with Crippen LogP contribution >= 0.6 is 0 Å². The Morgan fingerprint density at radius 1 is 1.30 bits per heavy atom. The molecule has 0 aromatic carbocycles. The van der Waals surface area contributed by atoms with Crippen molar-refractivity contribution in [3.05, 3.63) is 0 Å². The first-order valence-corrected chi connectivity index (χ1v) is 4.07. The van der Waals surface area contributed by atoms with Crippen molar-refractivity contribution in [2.45, 2.75) is 45.8 Å². The summed E-state index contributed by atoms with van der Waals surface area (Å²) in [4.78, 5) is 0. The maximum atomic E-state index is 9.46. The number of aliphatic hydroxyl groups excluding tert-OH is 1. The normalized spacial score (nSPS) is 20.1. The average Bonchev–Trinajstić information content (AvgIpc) is 2.00. The number of aliphatic hydroxyl groups is 1. The van der Waals surface area contributed by atoms with Crippen molar-refractivity contribution in [1.29, 1.82) is 0 Å². The van der Waals surface area contributed by atoms with Crippen LogP contribution in [-0.4, -0.2) is 17.3 Å². The molecule has 0 aromatic heterocycles. The smallest absolute Gasteiger partial charge is 0.0716 e. The highest BCUT2D eigenvalue weighted by molar-refractivity contribution is 4.74. The number of rotatable bonds is 4. The van der Waals surface area contributed by atoms with Crippen LogP contribution in [0.5, 0.6) is 0 Å². The van der Waals surface area contributed by atoms with Crippen molar-refractivity contribution < 1.29 is 5.11 Å². The summed E-state index contributed by atoms with van der Waals surface area (Å²) in [6.45, 7) is 6.09. The van der Waals surface area contributed by atoms with E-state index in [0.29, 0.717) is 5.92 Å². The monoisotopic (exact) mass is 145 g/mol. The van der Waals surface area contributed by atoms with Gasteiger partial charge in [-0.3, -0.25) is 0 Å². The largest absolute Gasteiger partial charge is 0.391 e. The van der Waals surface area contributed by atoms with E-state index < -0.39 is 0 Å². The topological polar surface area (TPSA) is 46.2 Å². The minimum Gasteiger partial charge on any atom is -0.391 e. The molecule has 0 heterocycles. The molecule has 0 radical (unpaired) electrons. The number of hydrogen-bond acceptors (Lipinski definition) is 2. The standard InChI is InChI=1S/C8H19NO/c1-4-6(3)8(10)7(9)5-2/h6-8,10H,4-5,9H2,1-3H3. The molecule has 0 aliphatic heterocycles. The maximum Gasteiger partial charge on any atom is 0.0716 e. The quantitative estimate of drug-likeness (QED) is 0.623. The molecule has 62 valence electrons. The second kappa shape index (κ2) is 4.69. The van der Waals surface area contributed by atoms with Crippen LogP contribution in [-0.2, 0) is 0 Å². The summed E-state index contributed by atoms with van der Waals surface area (Å²) in [6.07, 6.45) is 1.52. The molecule has 2 heteroatoms.